The maximum atomic E-state index is 12.9. The summed E-state index contributed by atoms with van der Waals surface area (Å²) >= 11 is 0.777. The molecule has 1 saturated heterocycles. The van der Waals surface area contributed by atoms with Gasteiger partial charge in [0.2, 0.25) is 5.95 Å². The zero-order valence-electron chi connectivity index (χ0n) is 17.7. The topological polar surface area (TPSA) is 99.6 Å². The van der Waals surface area contributed by atoms with Crippen LogP contribution in [0.15, 0.2) is 6.07 Å². The van der Waals surface area contributed by atoms with E-state index in [1.807, 2.05) is 20.8 Å². The number of aliphatic hydroxyl groups is 1. The molecule has 1 aliphatic rings. The van der Waals surface area contributed by atoms with Crippen molar-refractivity contribution >= 4 is 39.4 Å². The number of hydrogen-bond acceptors (Lipinski definition) is 8. The lowest BCUT2D eigenvalue weighted by Crippen LogP contribution is -2.44. The van der Waals surface area contributed by atoms with Crippen LogP contribution in [0.2, 0.25) is 0 Å². The molecule has 3 N–H and O–H groups in total. The summed E-state index contributed by atoms with van der Waals surface area (Å²) in [4.78, 5) is 22.5. The van der Waals surface area contributed by atoms with Crippen LogP contribution >= 0.6 is 11.3 Å². The van der Waals surface area contributed by atoms with E-state index in [0.29, 0.717) is 42.0 Å². The third-order valence-corrected chi connectivity index (χ3v) is 5.78. The van der Waals surface area contributed by atoms with Gasteiger partial charge in [0.1, 0.15) is 16.2 Å². The van der Waals surface area contributed by atoms with E-state index in [9.17, 15) is 23.1 Å². The van der Waals surface area contributed by atoms with Crippen molar-refractivity contribution in [3.8, 4) is 0 Å². The van der Waals surface area contributed by atoms with E-state index in [1.165, 1.54) is 6.07 Å². The number of alkyl halides is 3. The lowest BCUT2D eigenvalue weighted by molar-refractivity contribution is -0.205. The maximum absolute atomic E-state index is 12.9. The average Bonchev–Trinajstić information content (AvgIpc) is 3.10. The van der Waals surface area contributed by atoms with Crippen molar-refractivity contribution in [3.63, 3.8) is 0 Å². The van der Waals surface area contributed by atoms with Crippen LogP contribution in [0, 0.1) is 0 Å². The Morgan fingerprint density at radius 1 is 1.29 bits per heavy atom. The minimum absolute atomic E-state index is 0.0302. The van der Waals surface area contributed by atoms with Crippen LogP contribution in [0.1, 0.15) is 44.6 Å². The smallest absolute Gasteiger partial charge is 0.419 e. The molecule has 12 heteroatoms. The number of nitrogens with zero attached hydrogens (tertiary/aromatic N) is 3. The number of piperidine rings is 1. The summed E-state index contributed by atoms with van der Waals surface area (Å²) < 4.78 is 44.2. The zero-order valence-corrected chi connectivity index (χ0v) is 18.5. The van der Waals surface area contributed by atoms with E-state index in [2.05, 4.69) is 20.6 Å². The molecule has 172 valence electrons. The summed E-state index contributed by atoms with van der Waals surface area (Å²) in [6, 6.07) is 1.24. The molecular weight excluding hydrogens is 435 g/mol. The van der Waals surface area contributed by atoms with Crippen molar-refractivity contribution in [1.82, 2.24) is 14.9 Å². The number of hydrogen-bond donors (Lipinski definition) is 3. The fourth-order valence-electron chi connectivity index (χ4n) is 3.18. The van der Waals surface area contributed by atoms with Gasteiger partial charge < -0.3 is 25.4 Å². The number of amides is 1. The number of fused-ring (bicyclic) bond motifs is 1. The monoisotopic (exact) mass is 461 g/mol. The van der Waals surface area contributed by atoms with Gasteiger partial charge in [-0.05, 0) is 39.7 Å². The Hall–Kier alpha value is -2.34. The molecule has 2 aromatic rings. The van der Waals surface area contributed by atoms with Gasteiger partial charge in [-0.15, -0.1) is 11.3 Å². The van der Waals surface area contributed by atoms with E-state index in [4.69, 9.17) is 4.74 Å². The molecule has 0 radical (unpaired) electrons. The minimum atomic E-state index is -4.76. The van der Waals surface area contributed by atoms with Gasteiger partial charge in [-0.3, -0.25) is 0 Å². The molecule has 1 fully saturated rings. The Balaban J connectivity index is 1.76. The molecule has 1 amide bonds. The molecule has 0 aromatic carbocycles. The average molecular weight is 462 g/mol. The Morgan fingerprint density at radius 3 is 2.48 bits per heavy atom. The van der Waals surface area contributed by atoms with Crippen molar-refractivity contribution in [3.05, 3.63) is 10.9 Å². The molecule has 31 heavy (non-hydrogen) atoms. The summed E-state index contributed by atoms with van der Waals surface area (Å²) in [7, 11) is 1.61. The van der Waals surface area contributed by atoms with E-state index in [0.717, 1.165) is 11.3 Å². The van der Waals surface area contributed by atoms with Gasteiger partial charge >= 0.3 is 12.3 Å². The zero-order chi connectivity index (χ0) is 23.0. The lowest BCUT2D eigenvalue weighted by atomic mass is 10.1. The van der Waals surface area contributed by atoms with Crippen LogP contribution in [-0.2, 0) is 4.74 Å². The molecule has 0 bridgehead atoms. The second-order valence-corrected chi connectivity index (χ2v) is 9.41. The number of aromatic nitrogens is 2. The number of anilines is 2. The summed E-state index contributed by atoms with van der Waals surface area (Å²) in [6.07, 6.45) is -6.45. The van der Waals surface area contributed by atoms with Gasteiger partial charge in [0.15, 0.2) is 6.10 Å². The molecule has 0 spiro atoms. The summed E-state index contributed by atoms with van der Waals surface area (Å²) in [5.41, 5.74) is -0.570. The molecule has 0 saturated carbocycles. The van der Waals surface area contributed by atoms with Gasteiger partial charge in [0.25, 0.3) is 0 Å². The lowest BCUT2D eigenvalue weighted by Gasteiger charge is -2.34. The minimum Gasteiger partial charge on any atom is -0.444 e. The standard InChI is InChI=1S/C19H26F3N5O3S/c1-18(2,3)30-17(29)27-7-5-10(6-8-27)24-14-11-9-12(13(28)19(20,21)22)31-15(11)26-16(23-4)25-14/h9-10,13,28H,5-8H2,1-4H3,(H2,23,24,25,26). The fourth-order valence-corrected chi connectivity index (χ4v) is 4.23. The molecular formula is C19H26F3N5O3S. The summed E-state index contributed by atoms with van der Waals surface area (Å²) in [6.45, 7) is 6.40. The molecule has 8 nitrogen and oxygen atoms in total. The van der Waals surface area contributed by atoms with Crippen LogP contribution in [-0.4, -0.2) is 64.0 Å². The predicted octanol–water partition coefficient (Wildman–Crippen LogP) is 4.14. The Labute approximate surface area is 181 Å². The first-order valence-corrected chi connectivity index (χ1v) is 10.7. The third kappa shape index (κ3) is 5.67. The first-order valence-electron chi connectivity index (χ1n) is 9.86. The van der Waals surface area contributed by atoms with Crippen LogP contribution in [0.4, 0.5) is 29.7 Å². The largest absolute Gasteiger partial charge is 0.444 e. The SMILES string of the molecule is CNc1nc(NC2CCN(C(=O)OC(C)(C)C)CC2)c2cc(C(O)C(F)(F)F)sc2n1. The van der Waals surface area contributed by atoms with E-state index in [1.54, 1.807) is 11.9 Å². The number of halogens is 3. The molecule has 2 aromatic heterocycles. The Morgan fingerprint density at radius 2 is 1.94 bits per heavy atom. The first-order chi connectivity index (χ1) is 14.4. The number of ether oxygens (including phenoxy) is 1. The van der Waals surface area contributed by atoms with Gasteiger partial charge in [0, 0.05) is 31.1 Å². The highest BCUT2D eigenvalue weighted by Crippen LogP contribution is 2.40. The van der Waals surface area contributed by atoms with Gasteiger partial charge in [-0.1, -0.05) is 0 Å². The molecule has 0 aliphatic carbocycles. The number of aliphatic hydroxyl groups excluding tert-OH is 1. The van der Waals surface area contributed by atoms with Crippen molar-refractivity contribution < 1.29 is 27.8 Å². The normalized spacial score (nSPS) is 17.0. The number of rotatable bonds is 4. The summed E-state index contributed by atoms with van der Waals surface area (Å²) in [5.74, 6) is 0.651. The molecule has 3 rings (SSSR count). The van der Waals surface area contributed by atoms with Crippen LogP contribution in [0.3, 0.4) is 0 Å². The van der Waals surface area contributed by atoms with Crippen LogP contribution in [0.25, 0.3) is 10.2 Å². The predicted molar refractivity (Wildman–Crippen MR) is 112 cm³/mol. The fraction of sp³-hybridized carbons (Fsp3) is 0.632. The summed E-state index contributed by atoms with van der Waals surface area (Å²) in [5, 5.41) is 16.1. The number of carbonyl (C=O) groups excluding carboxylic acids is 1. The van der Waals surface area contributed by atoms with Crippen molar-refractivity contribution in [2.45, 2.75) is 57.5 Å². The first kappa shape index (κ1) is 23.3. The number of nitrogens with one attached hydrogen (secondary N) is 2. The molecule has 1 unspecified atom stereocenters. The van der Waals surface area contributed by atoms with Crippen LogP contribution in [0.5, 0.6) is 0 Å². The highest BCUT2D eigenvalue weighted by atomic mass is 32.1. The number of thiophene rings is 1. The molecule has 1 aliphatic heterocycles. The number of carbonyl (C=O) groups is 1. The van der Waals surface area contributed by atoms with Gasteiger partial charge in [-0.2, -0.15) is 18.2 Å². The van der Waals surface area contributed by atoms with Gasteiger partial charge in [0.05, 0.1) is 5.39 Å². The second-order valence-electron chi connectivity index (χ2n) is 8.34. The molecule has 1 atom stereocenters. The van der Waals surface area contributed by atoms with E-state index in [-0.39, 0.29) is 23.0 Å². The third-order valence-electron chi connectivity index (χ3n) is 4.70. The Bertz CT molecular complexity index is 936. The van der Waals surface area contributed by atoms with E-state index >= 15 is 0 Å². The highest BCUT2D eigenvalue weighted by molar-refractivity contribution is 7.18. The van der Waals surface area contributed by atoms with Crippen molar-refractivity contribution in [1.29, 1.82) is 0 Å². The van der Waals surface area contributed by atoms with Crippen molar-refractivity contribution in [2.24, 2.45) is 0 Å². The van der Waals surface area contributed by atoms with E-state index < -0.39 is 17.9 Å². The second kappa shape index (κ2) is 8.65. The molecule has 3 heterocycles. The number of likely N-dealkylation sites (tertiary alicyclic amines) is 1. The quantitative estimate of drug-likeness (QED) is 0.629. The van der Waals surface area contributed by atoms with Gasteiger partial charge in [-0.25, -0.2) is 9.78 Å². The maximum Gasteiger partial charge on any atom is 0.419 e. The van der Waals surface area contributed by atoms with Crippen LogP contribution < -0.4 is 10.6 Å². The Kier molecular flexibility index (Phi) is 6.51. The van der Waals surface area contributed by atoms with Crippen molar-refractivity contribution in [2.75, 3.05) is 30.8 Å². The highest BCUT2D eigenvalue weighted by Gasteiger charge is 2.40.